The van der Waals surface area contributed by atoms with Crippen molar-refractivity contribution < 1.29 is 18.3 Å². The lowest BCUT2D eigenvalue weighted by Gasteiger charge is -2.29. The molecule has 3 rings (SSSR count). The van der Waals surface area contributed by atoms with Crippen molar-refractivity contribution >= 4 is 5.91 Å². The minimum absolute atomic E-state index is 0.0535. The number of ether oxygens (including phenoxy) is 1. The molecule has 0 aromatic heterocycles. The van der Waals surface area contributed by atoms with Crippen LogP contribution in [0.3, 0.4) is 0 Å². The maximum absolute atomic E-state index is 14.6. The van der Waals surface area contributed by atoms with Crippen LogP contribution >= 0.6 is 0 Å². The van der Waals surface area contributed by atoms with Crippen LogP contribution < -0.4 is 10.5 Å². The molecule has 2 fully saturated rings. The maximum Gasteiger partial charge on any atom is 0.251 e. The van der Waals surface area contributed by atoms with Crippen molar-refractivity contribution in [3.63, 3.8) is 0 Å². The first kappa shape index (κ1) is 15.3. The van der Waals surface area contributed by atoms with Gasteiger partial charge in [0.1, 0.15) is 23.8 Å². The zero-order valence-electron chi connectivity index (χ0n) is 12.5. The Labute approximate surface area is 128 Å². The van der Waals surface area contributed by atoms with Crippen LogP contribution in [0, 0.1) is 5.82 Å². The number of alkyl halides is 1. The topological polar surface area (TPSA) is 52.3 Å². The summed E-state index contributed by atoms with van der Waals surface area (Å²) in [5.41, 5.74) is 4.51. The summed E-state index contributed by atoms with van der Waals surface area (Å²) in [5, 5.41) is 0. The summed E-state index contributed by atoms with van der Waals surface area (Å²) in [7, 11) is 0. The van der Waals surface area contributed by atoms with Gasteiger partial charge in [0.25, 0.3) is 5.91 Å². The second-order valence-electron chi connectivity index (χ2n) is 6.51. The van der Waals surface area contributed by atoms with Crippen LogP contribution in [0.4, 0.5) is 8.78 Å². The summed E-state index contributed by atoms with van der Waals surface area (Å²) < 4.78 is 34.2. The van der Waals surface area contributed by atoms with Crippen molar-refractivity contribution in [1.29, 1.82) is 0 Å². The van der Waals surface area contributed by atoms with Crippen LogP contribution in [0.2, 0.25) is 0 Å². The predicted molar refractivity (Wildman–Crippen MR) is 79.3 cm³/mol. The summed E-state index contributed by atoms with van der Waals surface area (Å²) in [5.74, 6) is -0.883. The fourth-order valence-electron chi connectivity index (χ4n) is 3.14. The molecule has 0 heterocycles. The highest BCUT2D eigenvalue weighted by atomic mass is 19.1. The van der Waals surface area contributed by atoms with Gasteiger partial charge in [0.15, 0.2) is 0 Å². The fourth-order valence-corrected chi connectivity index (χ4v) is 3.14. The van der Waals surface area contributed by atoms with Crippen molar-refractivity contribution in [3.8, 4) is 5.75 Å². The summed E-state index contributed by atoms with van der Waals surface area (Å²) >= 11 is 0. The fraction of sp³-hybridized carbons (Fsp3) is 0.588. The molecule has 2 aliphatic carbocycles. The third kappa shape index (κ3) is 3.23. The van der Waals surface area contributed by atoms with E-state index in [1.54, 1.807) is 0 Å². The molecule has 2 aliphatic rings. The van der Waals surface area contributed by atoms with E-state index in [1.807, 2.05) is 0 Å². The normalized spacial score (nSPS) is 20.6. The van der Waals surface area contributed by atoms with Crippen LogP contribution in [0.25, 0.3) is 0 Å². The van der Waals surface area contributed by atoms with Crippen LogP contribution in [0.1, 0.15) is 66.8 Å². The molecule has 0 bridgehead atoms. The second kappa shape index (κ2) is 5.86. The van der Waals surface area contributed by atoms with Gasteiger partial charge in [0, 0.05) is 6.07 Å². The number of amides is 1. The lowest BCUT2D eigenvalue weighted by Crippen LogP contribution is -2.33. The molecule has 120 valence electrons. The third-order valence-corrected chi connectivity index (χ3v) is 4.62. The molecule has 1 aromatic rings. The SMILES string of the molecule is NC(=O)c1cc(C2CC2)c(OCC2(F)CCCCC2)cc1F. The van der Waals surface area contributed by atoms with Crippen LogP contribution in [-0.2, 0) is 0 Å². The number of hydrogen-bond acceptors (Lipinski definition) is 2. The molecule has 2 N–H and O–H groups in total. The third-order valence-electron chi connectivity index (χ3n) is 4.62. The molecule has 0 saturated heterocycles. The number of nitrogens with two attached hydrogens (primary N) is 1. The van der Waals surface area contributed by atoms with Crippen LogP contribution in [-0.4, -0.2) is 18.2 Å². The number of carbonyl (C=O) groups excluding carboxylic acids is 1. The molecule has 0 atom stereocenters. The van der Waals surface area contributed by atoms with E-state index in [4.69, 9.17) is 10.5 Å². The van der Waals surface area contributed by atoms with Crippen molar-refractivity contribution in [1.82, 2.24) is 0 Å². The Morgan fingerprint density at radius 1 is 1.27 bits per heavy atom. The lowest BCUT2D eigenvalue weighted by atomic mass is 9.87. The smallest absolute Gasteiger partial charge is 0.251 e. The van der Waals surface area contributed by atoms with Gasteiger partial charge in [-0.15, -0.1) is 0 Å². The Bertz CT molecular complexity index is 578. The van der Waals surface area contributed by atoms with E-state index < -0.39 is 17.4 Å². The predicted octanol–water partition coefficient (Wildman–Crippen LogP) is 3.85. The number of rotatable bonds is 5. The van der Waals surface area contributed by atoms with Gasteiger partial charge in [0.05, 0.1) is 5.56 Å². The molecule has 5 heteroatoms. The molecule has 3 nitrogen and oxygen atoms in total. The van der Waals surface area contributed by atoms with Gasteiger partial charge in [0.2, 0.25) is 0 Å². The minimum Gasteiger partial charge on any atom is -0.490 e. The Morgan fingerprint density at radius 2 is 1.95 bits per heavy atom. The van der Waals surface area contributed by atoms with E-state index in [0.717, 1.165) is 37.7 Å². The molecule has 2 saturated carbocycles. The van der Waals surface area contributed by atoms with E-state index >= 15 is 0 Å². The van der Waals surface area contributed by atoms with E-state index in [2.05, 4.69) is 0 Å². The average molecular weight is 309 g/mol. The lowest BCUT2D eigenvalue weighted by molar-refractivity contribution is 0.0470. The summed E-state index contributed by atoms with van der Waals surface area (Å²) in [6.07, 6.45) is 5.72. The van der Waals surface area contributed by atoms with Gasteiger partial charge in [-0.05, 0) is 43.2 Å². The highest BCUT2D eigenvalue weighted by Gasteiger charge is 2.34. The molecule has 0 spiro atoms. The Kier molecular flexibility index (Phi) is 4.06. The first-order valence-corrected chi connectivity index (χ1v) is 7.93. The number of carbonyl (C=O) groups is 1. The molecule has 22 heavy (non-hydrogen) atoms. The Morgan fingerprint density at radius 3 is 2.55 bits per heavy atom. The first-order valence-electron chi connectivity index (χ1n) is 7.93. The van der Waals surface area contributed by atoms with Crippen molar-refractivity contribution in [2.75, 3.05) is 6.61 Å². The zero-order chi connectivity index (χ0) is 15.7. The van der Waals surface area contributed by atoms with Gasteiger partial charge in [-0.2, -0.15) is 0 Å². The second-order valence-corrected chi connectivity index (χ2v) is 6.51. The van der Waals surface area contributed by atoms with Gasteiger partial charge in [-0.25, -0.2) is 8.78 Å². The Balaban J connectivity index is 1.80. The van der Waals surface area contributed by atoms with E-state index in [9.17, 15) is 13.6 Å². The summed E-state index contributed by atoms with van der Waals surface area (Å²) in [4.78, 5) is 11.3. The van der Waals surface area contributed by atoms with Crippen LogP contribution in [0.5, 0.6) is 5.75 Å². The largest absolute Gasteiger partial charge is 0.490 e. The molecule has 1 aromatic carbocycles. The molecule has 0 aliphatic heterocycles. The number of benzene rings is 1. The summed E-state index contributed by atoms with van der Waals surface area (Å²) in [6, 6.07) is 2.65. The molecule has 0 unspecified atom stereocenters. The summed E-state index contributed by atoms with van der Waals surface area (Å²) in [6.45, 7) is -0.0535. The van der Waals surface area contributed by atoms with Gasteiger partial charge in [-0.1, -0.05) is 19.3 Å². The quantitative estimate of drug-likeness (QED) is 0.898. The highest BCUT2D eigenvalue weighted by Crippen LogP contribution is 2.45. The van der Waals surface area contributed by atoms with Gasteiger partial charge < -0.3 is 10.5 Å². The molecule has 0 radical (unpaired) electrons. The van der Waals surface area contributed by atoms with E-state index in [1.165, 1.54) is 12.1 Å². The maximum atomic E-state index is 14.6. The van der Waals surface area contributed by atoms with E-state index in [-0.39, 0.29) is 18.1 Å². The Hall–Kier alpha value is -1.65. The van der Waals surface area contributed by atoms with Crippen molar-refractivity contribution in [2.45, 2.75) is 56.5 Å². The van der Waals surface area contributed by atoms with Gasteiger partial charge in [-0.3, -0.25) is 4.79 Å². The number of hydrogen-bond donors (Lipinski definition) is 1. The molecular formula is C17H21F2NO2. The standard InChI is InChI=1S/C17H21F2NO2/c18-14-9-15(22-10-17(19)6-2-1-3-7-17)12(11-4-5-11)8-13(14)16(20)21/h8-9,11H,1-7,10H2,(H2,20,21). The van der Waals surface area contributed by atoms with Crippen LogP contribution in [0.15, 0.2) is 12.1 Å². The average Bonchev–Trinajstić information content (AvgIpc) is 3.30. The zero-order valence-corrected chi connectivity index (χ0v) is 12.5. The van der Waals surface area contributed by atoms with Crippen molar-refractivity contribution in [3.05, 3.63) is 29.1 Å². The first-order chi connectivity index (χ1) is 10.5. The number of halogens is 2. The molecule has 1 amide bonds. The number of primary amides is 1. The highest BCUT2D eigenvalue weighted by molar-refractivity contribution is 5.93. The van der Waals surface area contributed by atoms with E-state index in [0.29, 0.717) is 18.6 Å². The minimum atomic E-state index is -1.32. The van der Waals surface area contributed by atoms with Gasteiger partial charge >= 0.3 is 0 Å². The monoisotopic (exact) mass is 309 g/mol. The molecular weight excluding hydrogens is 288 g/mol. The van der Waals surface area contributed by atoms with Crippen molar-refractivity contribution in [2.24, 2.45) is 5.73 Å².